The van der Waals surface area contributed by atoms with Crippen molar-refractivity contribution in [2.45, 2.75) is 13.0 Å². The summed E-state index contributed by atoms with van der Waals surface area (Å²) in [5.41, 5.74) is 0.823. The van der Waals surface area contributed by atoms with Gasteiger partial charge in [-0.2, -0.15) is 11.3 Å². The van der Waals surface area contributed by atoms with Crippen molar-refractivity contribution in [1.82, 2.24) is 9.80 Å². The summed E-state index contributed by atoms with van der Waals surface area (Å²) in [4.78, 5) is 26.3. The summed E-state index contributed by atoms with van der Waals surface area (Å²) >= 11 is 1.50. The van der Waals surface area contributed by atoms with E-state index in [-0.39, 0.29) is 5.91 Å². The minimum Gasteiger partial charge on any atom is -0.480 e. The second-order valence-corrected chi connectivity index (χ2v) is 5.12. The van der Waals surface area contributed by atoms with E-state index in [9.17, 15) is 14.7 Å². The van der Waals surface area contributed by atoms with Crippen LogP contribution >= 0.6 is 11.3 Å². The molecule has 6 heteroatoms. The number of amides is 1. The van der Waals surface area contributed by atoms with Gasteiger partial charge in [-0.25, -0.2) is 0 Å². The quantitative estimate of drug-likeness (QED) is 0.889. The van der Waals surface area contributed by atoms with E-state index in [2.05, 4.69) is 0 Å². The number of carbonyl (C=O) groups is 2. The topological polar surface area (TPSA) is 60.9 Å². The number of rotatable bonds is 3. The predicted octanol–water partition coefficient (Wildman–Crippen LogP) is 1.04. The Bertz CT molecular complexity index is 425. The lowest BCUT2D eigenvalue weighted by Crippen LogP contribution is -2.50. The van der Waals surface area contributed by atoms with E-state index < -0.39 is 12.0 Å². The zero-order valence-electron chi connectivity index (χ0n) is 10.2. The molecule has 1 fully saturated rings. The monoisotopic (exact) mass is 268 g/mol. The first-order chi connectivity index (χ1) is 8.59. The summed E-state index contributed by atoms with van der Waals surface area (Å²) in [6.07, 6.45) is 0. The van der Waals surface area contributed by atoms with Crippen LogP contribution in [0.3, 0.4) is 0 Å². The van der Waals surface area contributed by atoms with Crippen molar-refractivity contribution in [1.29, 1.82) is 0 Å². The van der Waals surface area contributed by atoms with Gasteiger partial charge in [0.25, 0.3) is 0 Å². The molecule has 2 rings (SSSR count). The number of hydrogen-bond donors (Lipinski definition) is 1. The highest BCUT2D eigenvalue weighted by molar-refractivity contribution is 7.08. The summed E-state index contributed by atoms with van der Waals surface area (Å²) < 4.78 is 0. The van der Waals surface area contributed by atoms with E-state index in [1.165, 1.54) is 11.3 Å². The lowest BCUT2D eigenvalue weighted by molar-refractivity contribution is -0.145. The third kappa shape index (κ3) is 2.70. The van der Waals surface area contributed by atoms with E-state index in [4.69, 9.17) is 0 Å². The Morgan fingerprint density at radius 3 is 2.44 bits per heavy atom. The normalized spacial score (nSPS) is 18.6. The zero-order chi connectivity index (χ0) is 13.1. The van der Waals surface area contributed by atoms with Gasteiger partial charge in [0.15, 0.2) is 0 Å². The van der Waals surface area contributed by atoms with Crippen molar-refractivity contribution in [3.05, 3.63) is 22.4 Å². The fraction of sp³-hybridized carbons (Fsp3) is 0.500. The number of piperazine rings is 1. The second-order valence-electron chi connectivity index (χ2n) is 4.34. The largest absolute Gasteiger partial charge is 0.480 e. The molecule has 1 aromatic rings. The Morgan fingerprint density at radius 1 is 1.33 bits per heavy atom. The average Bonchev–Trinajstić information content (AvgIpc) is 2.83. The molecule has 0 spiro atoms. The number of carbonyl (C=O) groups excluding carboxylic acids is 1. The molecule has 1 aliphatic rings. The minimum absolute atomic E-state index is 0.0528. The summed E-state index contributed by atoms with van der Waals surface area (Å²) in [6.45, 7) is 3.95. The lowest BCUT2D eigenvalue weighted by atomic mass is 10.1. The van der Waals surface area contributed by atoms with Gasteiger partial charge in [-0.1, -0.05) is 0 Å². The fourth-order valence-corrected chi connectivity index (χ4v) is 2.91. The molecule has 1 aliphatic heterocycles. The predicted molar refractivity (Wildman–Crippen MR) is 68.5 cm³/mol. The van der Waals surface area contributed by atoms with Gasteiger partial charge < -0.3 is 10.0 Å². The molecule has 1 aromatic heterocycles. The Labute approximate surface area is 110 Å². The van der Waals surface area contributed by atoms with Crippen LogP contribution in [0.4, 0.5) is 0 Å². The SMILES string of the molecule is CC(=O)N1CCN(C(C(=O)O)c2ccsc2)CC1. The van der Waals surface area contributed by atoms with Gasteiger partial charge in [0, 0.05) is 33.1 Å². The highest BCUT2D eigenvalue weighted by atomic mass is 32.1. The molecule has 18 heavy (non-hydrogen) atoms. The number of nitrogens with zero attached hydrogens (tertiary/aromatic N) is 2. The van der Waals surface area contributed by atoms with Gasteiger partial charge >= 0.3 is 5.97 Å². The number of carboxylic acids is 1. The van der Waals surface area contributed by atoms with Crippen molar-refractivity contribution in [3.8, 4) is 0 Å². The molecule has 0 aliphatic carbocycles. The second kappa shape index (κ2) is 5.49. The Balaban J connectivity index is 2.06. The van der Waals surface area contributed by atoms with Crippen molar-refractivity contribution >= 4 is 23.2 Å². The first-order valence-electron chi connectivity index (χ1n) is 5.84. The Hall–Kier alpha value is -1.40. The van der Waals surface area contributed by atoms with Crippen LogP contribution in [0.15, 0.2) is 16.8 Å². The molecule has 5 nitrogen and oxygen atoms in total. The van der Waals surface area contributed by atoms with Gasteiger partial charge in [0.1, 0.15) is 6.04 Å². The summed E-state index contributed by atoms with van der Waals surface area (Å²) in [5, 5.41) is 13.1. The van der Waals surface area contributed by atoms with Crippen molar-refractivity contribution < 1.29 is 14.7 Å². The van der Waals surface area contributed by atoms with E-state index in [1.807, 2.05) is 21.7 Å². The molecule has 0 radical (unpaired) electrons. The fourth-order valence-electron chi connectivity index (χ4n) is 2.24. The van der Waals surface area contributed by atoms with Gasteiger partial charge in [-0.05, 0) is 22.4 Å². The van der Waals surface area contributed by atoms with Gasteiger partial charge in [-0.3, -0.25) is 14.5 Å². The third-order valence-corrected chi connectivity index (χ3v) is 3.92. The van der Waals surface area contributed by atoms with Crippen molar-refractivity contribution in [3.63, 3.8) is 0 Å². The van der Waals surface area contributed by atoms with Crippen LogP contribution in [0.25, 0.3) is 0 Å². The molecule has 0 aromatic carbocycles. The summed E-state index contributed by atoms with van der Waals surface area (Å²) in [6, 6.07) is 1.26. The summed E-state index contributed by atoms with van der Waals surface area (Å²) in [5.74, 6) is -0.776. The molecule has 1 saturated heterocycles. The van der Waals surface area contributed by atoms with Crippen molar-refractivity contribution in [2.75, 3.05) is 26.2 Å². The number of carboxylic acid groups (broad SMARTS) is 1. The number of aliphatic carboxylic acids is 1. The Morgan fingerprint density at radius 2 is 2.00 bits per heavy atom. The maximum absolute atomic E-state index is 11.4. The van der Waals surface area contributed by atoms with Crippen LogP contribution in [0, 0.1) is 0 Å². The third-order valence-electron chi connectivity index (χ3n) is 3.22. The summed E-state index contributed by atoms with van der Waals surface area (Å²) in [7, 11) is 0. The lowest BCUT2D eigenvalue weighted by Gasteiger charge is -2.37. The molecular formula is C12H16N2O3S. The zero-order valence-corrected chi connectivity index (χ0v) is 11.0. The van der Waals surface area contributed by atoms with Crippen LogP contribution in [0.1, 0.15) is 18.5 Å². The van der Waals surface area contributed by atoms with Gasteiger partial charge in [0.2, 0.25) is 5.91 Å². The smallest absolute Gasteiger partial charge is 0.325 e. The van der Waals surface area contributed by atoms with Crippen LogP contribution in [-0.4, -0.2) is 53.0 Å². The molecule has 1 atom stereocenters. The van der Waals surface area contributed by atoms with Crippen LogP contribution in [0.2, 0.25) is 0 Å². The first kappa shape index (κ1) is 13.0. The van der Waals surface area contributed by atoms with E-state index in [0.29, 0.717) is 26.2 Å². The van der Waals surface area contributed by atoms with Crippen molar-refractivity contribution in [2.24, 2.45) is 0 Å². The molecule has 98 valence electrons. The van der Waals surface area contributed by atoms with Gasteiger partial charge in [-0.15, -0.1) is 0 Å². The molecule has 2 heterocycles. The molecule has 1 unspecified atom stereocenters. The van der Waals surface area contributed by atoms with Crippen LogP contribution in [0.5, 0.6) is 0 Å². The Kier molecular flexibility index (Phi) is 3.98. The van der Waals surface area contributed by atoms with Gasteiger partial charge in [0.05, 0.1) is 0 Å². The van der Waals surface area contributed by atoms with E-state index in [1.54, 1.807) is 11.8 Å². The molecular weight excluding hydrogens is 252 g/mol. The van der Waals surface area contributed by atoms with E-state index >= 15 is 0 Å². The maximum Gasteiger partial charge on any atom is 0.325 e. The number of thiophene rings is 1. The molecule has 0 bridgehead atoms. The number of hydrogen-bond acceptors (Lipinski definition) is 4. The van der Waals surface area contributed by atoms with Crippen LogP contribution in [-0.2, 0) is 9.59 Å². The minimum atomic E-state index is -0.829. The molecule has 1 N–H and O–H groups in total. The van der Waals surface area contributed by atoms with Crippen LogP contribution < -0.4 is 0 Å². The molecule has 0 saturated carbocycles. The highest BCUT2D eigenvalue weighted by Gasteiger charge is 2.30. The average molecular weight is 268 g/mol. The highest BCUT2D eigenvalue weighted by Crippen LogP contribution is 2.24. The molecule has 1 amide bonds. The standard InChI is InChI=1S/C12H16N2O3S/c1-9(15)13-3-5-14(6-4-13)11(12(16)17)10-2-7-18-8-10/h2,7-8,11H,3-6H2,1H3,(H,16,17). The van der Waals surface area contributed by atoms with E-state index in [0.717, 1.165) is 5.56 Å². The maximum atomic E-state index is 11.4. The first-order valence-corrected chi connectivity index (χ1v) is 6.78.